The molecule has 0 atom stereocenters. The van der Waals surface area contributed by atoms with Crippen molar-refractivity contribution in [1.29, 1.82) is 0 Å². The van der Waals surface area contributed by atoms with E-state index < -0.39 is 0 Å². The number of ketones is 1. The molecule has 0 radical (unpaired) electrons. The summed E-state index contributed by atoms with van der Waals surface area (Å²) in [7, 11) is 0. The summed E-state index contributed by atoms with van der Waals surface area (Å²) < 4.78 is 0. The molecule has 1 amide bonds. The number of anilines is 2. The standard InChI is InChI=1S/C18H22N4O2/c1-3-4-5-9-19-18(24)16-11-21-17(12-20-16)22-15-8-6-7-14(10-15)13(2)23/h6-8,10-12H,3-5,9H2,1-2H3,(H,19,24)(H,21,22). The maximum absolute atomic E-state index is 11.9. The van der Waals surface area contributed by atoms with Crippen molar-refractivity contribution < 1.29 is 9.59 Å². The SMILES string of the molecule is CCCCCNC(=O)c1cnc(Nc2cccc(C(C)=O)c2)cn1. The van der Waals surface area contributed by atoms with Crippen LogP contribution in [0.25, 0.3) is 0 Å². The average molecular weight is 326 g/mol. The fourth-order valence-electron chi connectivity index (χ4n) is 2.14. The first-order chi connectivity index (χ1) is 11.6. The molecule has 0 fully saturated rings. The molecule has 6 heteroatoms. The van der Waals surface area contributed by atoms with E-state index >= 15 is 0 Å². The Labute approximate surface area is 141 Å². The number of rotatable bonds is 8. The number of carbonyl (C=O) groups excluding carboxylic acids is 2. The monoisotopic (exact) mass is 326 g/mol. The zero-order chi connectivity index (χ0) is 17.4. The predicted molar refractivity (Wildman–Crippen MR) is 93.6 cm³/mol. The van der Waals surface area contributed by atoms with E-state index in [-0.39, 0.29) is 17.4 Å². The number of benzene rings is 1. The predicted octanol–water partition coefficient (Wildman–Crippen LogP) is 3.34. The Morgan fingerprint density at radius 1 is 1.12 bits per heavy atom. The molecule has 126 valence electrons. The smallest absolute Gasteiger partial charge is 0.271 e. The van der Waals surface area contributed by atoms with Crippen molar-refractivity contribution in [2.24, 2.45) is 0 Å². The molecule has 0 aliphatic rings. The highest BCUT2D eigenvalue weighted by atomic mass is 16.1. The van der Waals surface area contributed by atoms with Crippen LogP contribution in [0.15, 0.2) is 36.7 Å². The lowest BCUT2D eigenvalue weighted by Gasteiger charge is -2.07. The van der Waals surface area contributed by atoms with Crippen LogP contribution in [0.2, 0.25) is 0 Å². The minimum Gasteiger partial charge on any atom is -0.351 e. The van der Waals surface area contributed by atoms with E-state index in [1.165, 1.54) is 19.3 Å². The van der Waals surface area contributed by atoms with Gasteiger partial charge in [0.25, 0.3) is 5.91 Å². The molecule has 24 heavy (non-hydrogen) atoms. The average Bonchev–Trinajstić information content (AvgIpc) is 2.59. The van der Waals surface area contributed by atoms with Gasteiger partial charge in [-0.3, -0.25) is 9.59 Å². The molecule has 6 nitrogen and oxygen atoms in total. The van der Waals surface area contributed by atoms with E-state index in [1.54, 1.807) is 18.2 Å². The normalized spacial score (nSPS) is 10.2. The summed E-state index contributed by atoms with van der Waals surface area (Å²) in [6, 6.07) is 7.14. The van der Waals surface area contributed by atoms with Gasteiger partial charge < -0.3 is 10.6 Å². The molecule has 0 spiro atoms. The Morgan fingerprint density at radius 3 is 2.62 bits per heavy atom. The summed E-state index contributed by atoms with van der Waals surface area (Å²) in [4.78, 5) is 31.6. The highest BCUT2D eigenvalue weighted by Gasteiger charge is 2.07. The van der Waals surface area contributed by atoms with Gasteiger partial charge in [-0.15, -0.1) is 0 Å². The molecule has 1 aromatic heterocycles. The summed E-state index contributed by atoms with van der Waals surface area (Å²) in [5.74, 6) is 0.293. The van der Waals surface area contributed by atoms with Crippen molar-refractivity contribution in [3.63, 3.8) is 0 Å². The van der Waals surface area contributed by atoms with Gasteiger partial charge in [-0.25, -0.2) is 9.97 Å². The highest BCUT2D eigenvalue weighted by molar-refractivity contribution is 5.95. The summed E-state index contributed by atoms with van der Waals surface area (Å²) >= 11 is 0. The Hall–Kier alpha value is -2.76. The molecule has 2 aromatic rings. The molecule has 0 saturated carbocycles. The van der Waals surface area contributed by atoms with Gasteiger partial charge in [0.15, 0.2) is 5.78 Å². The van der Waals surface area contributed by atoms with Crippen molar-refractivity contribution in [2.45, 2.75) is 33.1 Å². The van der Waals surface area contributed by atoms with Crippen LogP contribution in [0.4, 0.5) is 11.5 Å². The number of amides is 1. The van der Waals surface area contributed by atoms with Crippen molar-refractivity contribution in [2.75, 3.05) is 11.9 Å². The number of Topliss-reactive ketones (excluding diaryl/α,β-unsaturated/α-hetero) is 1. The third-order valence-corrected chi connectivity index (χ3v) is 3.49. The van der Waals surface area contributed by atoms with Gasteiger partial charge in [-0.1, -0.05) is 31.9 Å². The summed E-state index contributed by atoms with van der Waals surface area (Å²) in [6.45, 7) is 4.28. The lowest BCUT2D eigenvalue weighted by Crippen LogP contribution is -2.25. The highest BCUT2D eigenvalue weighted by Crippen LogP contribution is 2.15. The Morgan fingerprint density at radius 2 is 1.96 bits per heavy atom. The molecule has 0 saturated heterocycles. The maximum atomic E-state index is 11.9. The molecular weight excluding hydrogens is 304 g/mol. The number of nitrogens with one attached hydrogen (secondary N) is 2. The van der Waals surface area contributed by atoms with E-state index in [9.17, 15) is 9.59 Å². The molecule has 0 bridgehead atoms. The van der Waals surface area contributed by atoms with Crippen LogP contribution in [0.3, 0.4) is 0 Å². The van der Waals surface area contributed by atoms with E-state index in [0.717, 1.165) is 24.9 Å². The fourth-order valence-corrected chi connectivity index (χ4v) is 2.14. The van der Waals surface area contributed by atoms with E-state index in [1.807, 2.05) is 6.07 Å². The van der Waals surface area contributed by atoms with E-state index in [4.69, 9.17) is 0 Å². The molecule has 0 unspecified atom stereocenters. The Balaban J connectivity index is 1.95. The lowest BCUT2D eigenvalue weighted by molar-refractivity contribution is 0.0946. The van der Waals surface area contributed by atoms with Crippen LogP contribution < -0.4 is 10.6 Å². The first kappa shape index (κ1) is 17.6. The number of hydrogen-bond acceptors (Lipinski definition) is 5. The number of aromatic nitrogens is 2. The zero-order valence-electron chi connectivity index (χ0n) is 14.0. The van der Waals surface area contributed by atoms with Gasteiger partial charge in [-0.05, 0) is 25.5 Å². The topological polar surface area (TPSA) is 84.0 Å². The zero-order valence-corrected chi connectivity index (χ0v) is 14.0. The molecule has 0 aliphatic carbocycles. The second-order valence-corrected chi connectivity index (χ2v) is 5.51. The van der Waals surface area contributed by atoms with Gasteiger partial charge >= 0.3 is 0 Å². The number of nitrogens with zero attached hydrogens (tertiary/aromatic N) is 2. The second-order valence-electron chi connectivity index (χ2n) is 5.51. The quantitative estimate of drug-likeness (QED) is 0.574. The lowest BCUT2D eigenvalue weighted by atomic mass is 10.1. The molecule has 2 N–H and O–H groups in total. The van der Waals surface area contributed by atoms with E-state index in [2.05, 4.69) is 27.5 Å². The Kier molecular flexibility index (Phi) is 6.42. The third-order valence-electron chi connectivity index (χ3n) is 3.49. The van der Waals surface area contributed by atoms with Gasteiger partial charge in [-0.2, -0.15) is 0 Å². The number of hydrogen-bond donors (Lipinski definition) is 2. The van der Waals surface area contributed by atoms with Crippen LogP contribution in [0, 0.1) is 0 Å². The Bertz CT molecular complexity index is 698. The first-order valence-electron chi connectivity index (χ1n) is 8.08. The summed E-state index contributed by atoms with van der Waals surface area (Å²) in [6.07, 6.45) is 6.10. The molecule has 1 aromatic carbocycles. The second kappa shape index (κ2) is 8.76. The summed E-state index contributed by atoms with van der Waals surface area (Å²) in [5, 5.41) is 5.89. The molecular formula is C18H22N4O2. The molecule has 2 rings (SSSR count). The minimum absolute atomic E-state index is 0.000161. The molecule has 0 aliphatic heterocycles. The number of carbonyl (C=O) groups is 2. The van der Waals surface area contributed by atoms with Gasteiger partial charge in [0, 0.05) is 17.8 Å². The van der Waals surface area contributed by atoms with Crippen molar-refractivity contribution >= 4 is 23.2 Å². The molecule has 1 heterocycles. The van der Waals surface area contributed by atoms with Crippen LogP contribution >= 0.6 is 0 Å². The minimum atomic E-state index is -0.219. The van der Waals surface area contributed by atoms with Crippen LogP contribution in [-0.2, 0) is 0 Å². The van der Waals surface area contributed by atoms with Crippen molar-refractivity contribution in [3.05, 3.63) is 47.9 Å². The van der Waals surface area contributed by atoms with Gasteiger partial charge in [0.05, 0.1) is 12.4 Å². The first-order valence-corrected chi connectivity index (χ1v) is 8.08. The van der Waals surface area contributed by atoms with E-state index in [0.29, 0.717) is 17.9 Å². The number of unbranched alkanes of at least 4 members (excludes halogenated alkanes) is 2. The third kappa shape index (κ3) is 5.15. The maximum Gasteiger partial charge on any atom is 0.271 e. The van der Waals surface area contributed by atoms with Crippen LogP contribution in [-0.4, -0.2) is 28.2 Å². The van der Waals surface area contributed by atoms with Crippen molar-refractivity contribution in [3.8, 4) is 0 Å². The van der Waals surface area contributed by atoms with Crippen molar-refractivity contribution in [1.82, 2.24) is 15.3 Å². The van der Waals surface area contributed by atoms with Gasteiger partial charge in [0.1, 0.15) is 11.5 Å². The van der Waals surface area contributed by atoms with Crippen LogP contribution in [0.5, 0.6) is 0 Å². The summed E-state index contributed by atoms with van der Waals surface area (Å²) in [5.41, 5.74) is 1.65. The van der Waals surface area contributed by atoms with Crippen LogP contribution in [0.1, 0.15) is 54.0 Å². The fraction of sp³-hybridized carbons (Fsp3) is 0.333. The van der Waals surface area contributed by atoms with Gasteiger partial charge in [0.2, 0.25) is 0 Å². The largest absolute Gasteiger partial charge is 0.351 e.